The zero-order chi connectivity index (χ0) is 16.1. The Morgan fingerprint density at radius 3 is 2.52 bits per heavy atom. The van der Waals surface area contributed by atoms with Crippen LogP contribution in [0.4, 0.5) is 0 Å². The number of hydrogen-bond donors (Lipinski definition) is 1. The normalized spacial score (nSPS) is 15.8. The first-order chi connectivity index (χ1) is 11.3. The summed E-state index contributed by atoms with van der Waals surface area (Å²) < 4.78 is 10.9. The summed E-state index contributed by atoms with van der Waals surface area (Å²) in [4.78, 5) is 12.1. The highest BCUT2D eigenvalue weighted by atomic mass is 16.5. The molecule has 4 nitrogen and oxygen atoms in total. The average Bonchev–Trinajstić information content (AvgIpc) is 2.98. The van der Waals surface area contributed by atoms with Crippen molar-refractivity contribution in [1.29, 1.82) is 0 Å². The molecule has 1 unspecified atom stereocenters. The summed E-state index contributed by atoms with van der Waals surface area (Å²) in [6.45, 7) is 2.59. The van der Waals surface area contributed by atoms with Gasteiger partial charge < -0.3 is 14.8 Å². The summed E-state index contributed by atoms with van der Waals surface area (Å²) >= 11 is 0. The topological polar surface area (TPSA) is 47.6 Å². The van der Waals surface area contributed by atoms with Crippen molar-refractivity contribution in [3.8, 4) is 11.5 Å². The smallest absolute Gasteiger partial charge is 0.258 e. The fourth-order valence-electron chi connectivity index (χ4n) is 2.89. The minimum atomic E-state index is -0.0967. The van der Waals surface area contributed by atoms with Gasteiger partial charge in [-0.25, -0.2) is 0 Å². The Balaban J connectivity index is 1.50. The molecule has 0 saturated heterocycles. The van der Waals surface area contributed by atoms with E-state index in [4.69, 9.17) is 9.47 Å². The third-order valence-corrected chi connectivity index (χ3v) is 3.97. The number of benzene rings is 2. The van der Waals surface area contributed by atoms with E-state index < -0.39 is 0 Å². The standard InChI is InChI=1S/C19H21NO3/c1-2-22-15-8-10-16(11-9-15)23-13-19(21)20-18-12-7-14-5-3-4-6-17(14)18/h3-6,8-11,18H,2,7,12-13H2,1H3,(H,20,21). The van der Waals surface area contributed by atoms with Gasteiger partial charge in [0.15, 0.2) is 6.61 Å². The molecule has 0 spiro atoms. The van der Waals surface area contributed by atoms with Gasteiger partial charge in [-0.3, -0.25) is 4.79 Å². The van der Waals surface area contributed by atoms with E-state index in [2.05, 4.69) is 17.4 Å². The van der Waals surface area contributed by atoms with Crippen LogP contribution < -0.4 is 14.8 Å². The van der Waals surface area contributed by atoms with Crippen LogP contribution in [-0.2, 0) is 11.2 Å². The van der Waals surface area contributed by atoms with Gasteiger partial charge in [0.25, 0.3) is 5.91 Å². The number of nitrogens with one attached hydrogen (secondary N) is 1. The molecule has 0 aliphatic heterocycles. The van der Waals surface area contributed by atoms with Crippen LogP contribution in [0, 0.1) is 0 Å². The number of amides is 1. The molecule has 0 aromatic heterocycles. The van der Waals surface area contributed by atoms with Crippen molar-refractivity contribution in [2.24, 2.45) is 0 Å². The lowest BCUT2D eigenvalue weighted by atomic mass is 10.1. The van der Waals surface area contributed by atoms with Gasteiger partial charge in [0.2, 0.25) is 0 Å². The highest BCUT2D eigenvalue weighted by molar-refractivity contribution is 5.78. The Bertz CT molecular complexity index is 667. The summed E-state index contributed by atoms with van der Waals surface area (Å²) in [5, 5.41) is 3.05. The quantitative estimate of drug-likeness (QED) is 0.890. The molecule has 120 valence electrons. The Hall–Kier alpha value is -2.49. The number of aryl methyl sites for hydroxylation is 1. The molecule has 23 heavy (non-hydrogen) atoms. The van der Waals surface area contributed by atoms with Crippen LogP contribution in [0.3, 0.4) is 0 Å². The van der Waals surface area contributed by atoms with Crippen molar-refractivity contribution in [3.05, 3.63) is 59.7 Å². The second kappa shape index (κ2) is 7.18. The van der Waals surface area contributed by atoms with Crippen molar-refractivity contribution >= 4 is 5.91 Å². The third kappa shape index (κ3) is 3.83. The lowest BCUT2D eigenvalue weighted by molar-refractivity contribution is -0.123. The van der Waals surface area contributed by atoms with Gasteiger partial charge in [0.05, 0.1) is 12.6 Å². The summed E-state index contributed by atoms with van der Waals surface area (Å²) in [7, 11) is 0. The second-order valence-corrected chi connectivity index (χ2v) is 5.55. The largest absolute Gasteiger partial charge is 0.494 e. The molecule has 0 saturated carbocycles. The molecule has 0 bridgehead atoms. The van der Waals surface area contributed by atoms with E-state index in [1.165, 1.54) is 11.1 Å². The molecule has 0 radical (unpaired) electrons. The van der Waals surface area contributed by atoms with Crippen molar-refractivity contribution in [2.75, 3.05) is 13.2 Å². The maximum Gasteiger partial charge on any atom is 0.258 e. The maximum absolute atomic E-state index is 12.1. The van der Waals surface area contributed by atoms with E-state index in [-0.39, 0.29) is 18.6 Å². The number of hydrogen-bond acceptors (Lipinski definition) is 3. The van der Waals surface area contributed by atoms with Crippen molar-refractivity contribution < 1.29 is 14.3 Å². The Kier molecular flexibility index (Phi) is 4.81. The molecule has 1 N–H and O–H groups in total. The summed E-state index contributed by atoms with van der Waals surface area (Å²) in [5.74, 6) is 1.36. The zero-order valence-electron chi connectivity index (χ0n) is 13.2. The van der Waals surface area contributed by atoms with E-state index in [9.17, 15) is 4.79 Å². The van der Waals surface area contributed by atoms with E-state index in [1.807, 2.05) is 43.3 Å². The molecule has 3 rings (SSSR count). The van der Waals surface area contributed by atoms with Crippen LogP contribution in [0.1, 0.15) is 30.5 Å². The molecule has 2 aromatic carbocycles. The second-order valence-electron chi connectivity index (χ2n) is 5.55. The minimum absolute atomic E-state index is 0.0205. The van der Waals surface area contributed by atoms with Gasteiger partial charge in [0.1, 0.15) is 11.5 Å². The third-order valence-electron chi connectivity index (χ3n) is 3.97. The van der Waals surface area contributed by atoms with Gasteiger partial charge in [-0.1, -0.05) is 24.3 Å². The fraction of sp³-hybridized carbons (Fsp3) is 0.316. The van der Waals surface area contributed by atoms with Crippen molar-refractivity contribution in [1.82, 2.24) is 5.32 Å². The van der Waals surface area contributed by atoms with Crippen LogP contribution in [0.5, 0.6) is 11.5 Å². The van der Waals surface area contributed by atoms with Crippen LogP contribution in [-0.4, -0.2) is 19.1 Å². The highest BCUT2D eigenvalue weighted by Crippen LogP contribution is 2.30. The molecule has 1 aliphatic rings. The molecule has 2 aromatic rings. The van der Waals surface area contributed by atoms with Crippen LogP contribution in [0.2, 0.25) is 0 Å². The summed E-state index contributed by atoms with van der Waals surface area (Å²) in [6.07, 6.45) is 1.97. The number of carbonyl (C=O) groups is 1. The van der Waals surface area contributed by atoms with E-state index >= 15 is 0 Å². The number of ether oxygens (including phenoxy) is 2. The molecule has 4 heteroatoms. The number of carbonyl (C=O) groups excluding carboxylic acids is 1. The van der Waals surface area contributed by atoms with E-state index in [0.717, 1.165) is 18.6 Å². The van der Waals surface area contributed by atoms with Crippen molar-refractivity contribution in [3.63, 3.8) is 0 Å². The van der Waals surface area contributed by atoms with Gasteiger partial charge in [-0.05, 0) is 55.2 Å². The van der Waals surface area contributed by atoms with Gasteiger partial charge in [0, 0.05) is 0 Å². The first-order valence-electron chi connectivity index (χ1n) is 7.99. The Labute approximate surface area is 136 Å². The first kappa shape index (κ1) is 15.4. The molecular formula is C19H21NO3. The summed E-state index contributed by atoms with van der Waals surface area (Å²) in [5.41, 5.74) is 2.55. The van der Waals surface area contributed by atoms with Crippen molar-refractivity contribution in [2.45, 2.75) is 25.8 Å². The zero-order valence-corrected chi connectivity index (χ0v) is 13.2. The monoisotopic (exact) mass is 311 g/mol. The fourth-order valence-corrected chi connectivity index (χ4v) is 2.89. The molecule has 0 heterocycles. The van der Waals surface area contributed by atoms with E-state index in [0.29, 0.717) is 12.4 Å². The molecule has 1 atom stereocenters. The lowest BCUT2D eigenvalue weighted by Crippen LogP contribution is -2.31. The van der Waals surface area contributed by atoms with Gasteiger partial charge in [-0.15, -0.1) is 0 Å². The Morgan fingerprint density at radius 2 is 1.78 bits per heavy atom. The van der Waals surface area contributed by atoms with Crippen LogP contribution >= 0.6 is 0 Å². The molecular weight excluding hydrogens is 290 g/mol. The number of rotatable bonds is 6. The molecule has 1 amide bonds. The highest BCUT2D eigenvalue weighted by Gasteiger charge is 2.23. The average molecular weight is 311 g/mol. The van der Waals surface area contributed by atoms with Gasteiger partial charge in [-0.2, -0.15) is 0 Å². The minimum Gasteiger partial charge on any atom is -0.494 e. The number of fused-ring (bicyclic) bond motifs is 1. The van der Waals surface area contributed by atoms with E-state index in [1.54, 1.807) is 0 Å². The molecule has 1 aliphatic carbocycles. The predicted octanol–water partition coefficient (Wildman–Crippen LogP) is 3.27. The Morgan fingerprint density at radius 1 is 1.09 bits per heavy atom. The van der Waals surface area contributed by atoms with Crippen LogP contribution in [0.25, 0.3) is 0 Å². The van der Waals surface area contributed by atoms with Crippen LogP contribution in [0.15, 0.2) is 48.5 Å². The van der Waals surface area contributed by atoms with Gasteiger partial charge >= 0.3 is 0 Å². The maximum atomic E-state index is 12.1. The summed E-state index contributed by atoms with van der Waals surface area (Å²) in [6, 6.07) is 15.7. The predicted molar refractivity (Wildman–Crippen MR) is 88.8 cm³/mol. The molecule has 0 fully saturated rings. The lowest BCUT2D eigenvalue weighted by Gasteiger charge is -2.14. The first-order valence-corrected chi connectivity index (χ1v) is 7.99. The SMILES string of the molecule is CCOc1ccc(OCC(=O)NC2CCc3ccccc32)cc1.